The Balaban J connectivity index is 1.58. The van der Waals surface area contributed by atoms with Gasteiger partial charge in [-0.3, -0.25) is 9.59 Å². The molecule has 1 unspecified atom stereocenters. The van der Waals surface area contributed by atoms with Crippen molar-refractivity contribution in [1.82, 2.24) is 4.90 Å². The molecule has 1 aliphatic rings. The smallest absolute Gasteiger partial charge is 0.229 e. The molecule has 1 heterocycles. The van der Waals surface area contributed by atoms with Gasteiger partial charge in [-0.25, -0.2) is 0 Å². The molecule has 1 atom stereocenters. The molecule has 0 radical (unpaired) electrons. The van der Waals surface area contributed by atoms with Crippen molar-refractivity contribution in [3.8, 4) is 5.75 Å². The van der Waals surface area contributed by atoms with E-state index in [-0.39, 0.29) is 30.3 Å². The van der Waals surface area contributed by atoms with E-state index in [1.54, 1.807) is 4.90 Å². The number of carbonyl (C=O) groups excluding carboxylic acids is 2. The minimum absolute atomic E-state index is 0.0269. The summed E-state index contributed by atoms with van der Waals surface area (Å²) in [6.07, 6.45) is 0.362. The summed E-state index contributed by atoms with van der Waals surface area (Å²) < 4.78 is 5.60. The highest BCUT2D eigenvalue weighted by atomic mass is 16.5. The van der Waals surface area contributed by atoms with Crippen LogP contribution in [0, 0.1) is 12.8 Å². The number of rotatable bonds is 6. The highest BCUT2D eigenvalue weighted by Crippen LogP contribution is 2.24. The molecule has 1 fully saturated rings. The highest BCUT2D eigenvalue weighted by molar-refractivity contribution is 5.97. The summed E-state index contributed by atoms with van der Waals surface area (Å²) in [4.78, 5) is 26.7. The lowest BCUT2D eigenvalue weighted by molar-refractivity contribution is -0.128. The normalized spacial score (nSPS) is 16.7. The van der Waals surface area contributed by atoms with Gasteiger partial charge in [0.2, 0.25) is 11.8 Å². The lowest BCUT2D eigenvalue weighted by Crippen LogP contribution is -2.28. The summed E-state index contributed by atoms with van der Waals surface area (Å²) in [6, 6.07) is 15.3. The largest absolute Gasteiger partial charge is 0.491 e. The topological polar surface area (TPSA) is 58.6 Å². The van der Waals surface area contributed by atoms with Gasteiger partial charge in [-0.2, -0.15) is 0 Å². The molecule has 3 rings (SSSR count). The number of carbonyl (C=O) groups is 2. The van der Waals surface area contributed by atoms with Crippen LogP contribution >= 0.6 is 0 Å². The van der Waals surface area contributed by atoms with Gasteiger partial charge in [0.25, 0.3) is 0 Å². The van der Waals surface area contributed by atoms with Crippen molar-refractivity contribution < 1.29 is 14.3 Å². The lowest BCUT2D eigenvalue weighted by atomic mass is 10.1. The molecule has 5 nitrogen and oxygen atoms in total. The minimum Gasteiger partial charge on any atom is -0.491 e. The molecule has 0 saturated carbocycles. The molecule has 1 N–H and O–H groups in total. The second kappa shape index (κ2) is 8.25. The molecule has 5 heteroatoms. The van der Waals surface area contributed by atoms with E-state index in [9.17, 15) is 9.59 Å². The Bertz CT molecular complexity index is 815. The third-order valence-corrected chi connectivity index (χ3v) is 4.70. The average Bonchev–Trinajstić information content (AvgIpc) is 2.99. The van der Waals surface area contributed by atoms with E-state index in [0.717, 1.165) is 16.9 Å². The van der Waals surface area contributed by atoms with Crippen LogP contribution in [0.1, 0.15) is 31.4 Å². The van der Waals surface area contributed by atoms with Crippen LogP contribution in [-0.2, 0) is 16.1 Å². The molecule has 0 spiro atoms. The molecule has 0 aliphatic carbocycles. The van der Waals surface area contributed by atoms with E-state index in [1.807, 2.05) is 69.3 Å². The zero-order chi connectivity index (χ0) is 19.4. The van der Waals surface area contributed by atoms with Gasteiger partial charge in [0.15, 0.2) is 0 Å². The van der Waals surface area contributed by atoms with Gasteiger partial charge in [0.05, 0.1) is 12.0 Å². The molecule has 1 saturated heterocycles. The summed E-state index contributed by atoms with van der Waals surface area (Å²) in [5.41, 5.74) is 2.98. The van der Waals surface area contributed by atoms with Crippen molar-refractivity contribution in [3.05, 3.63) is 59.7 Å². The lowest BCUT2D eigenvalue weighted by Gasteiger charge is -2.18. The Kier molecular flexibility index (Phi) is 5.79. The van der Waals surface area contributed by atoms with Crippen molar-refractivity contribution in [2.45, 2.75) is 39.8 Å². The SMILES string of the molecule is Cc1ccccc1CN1CC(C(=O)Nc2ccc(OC(C)C)cc2)CC1=O. The Hall–Kier alpha value is -2.82. The third kappa shape index (κ3) is 4.88. The molecule has 0 aromatic heterocycles. The van der Waals surface area contributed by atoms with Crippen LogP contribution in [0.25, 0.3) is 0 Å². The number of nitrogens with zero attached hydrogens (tertiary/aromatic N) is 1. The predicted molar refractivity (Wildman–Crippen MR) is 106 cm³/mol. The third-order valence-electron chi connectivity index (χ3n) is 4.70. The first kappa shape index (κ1) is 19.0. The predicted octanol–water partition coefficient (Wildman–Crippen LogP) is 3.77. The van der Waals surface area contributed by atoms with Crippen molar-refractivity contribution in [3.63, 3.8) is 0 Å². The Morgan fingerprint density at radius 3 is 2.56 bits per heavy atom. The van der Waals surface area contributed by atoms with Gasteiger partial charge in [-0.05, 0) is 56.2 Å². The van der Waals surface area contributed by atoms with Crippen LogP contribution in [0.2, 0.25) is 0 Å². The van der Waals surface area contributed by atoms with E-state index < -0.39 is 0 Å². The number of hydrogen-bond donors (Lipinski definition) is 1. The van der Waals surface area contributed by atoms with Crippen molar-refractivity contribution in [2.24, 2.45) is 5.92 Å². The maximum atomic E-state index is 12.6. The van der Waals surface area contributed by atoms with Crippen LogP contribution in [0.15, 0.2) is 48.5 Å². The van der Waals surface area contributed by atoms with Crippen molar-refractivity contribution in [2.75, 3.05) is 11.9 Å². The first-order chi connectivity index (χ1) is 12.9. The average molecular weight is 366 g/mol. The molecule has 2 aromatic carbocycles. The van der Waals surface area contributed by atoms with E-state index in [4.69, 9.17) is 4.74 Å². The quantitative estimate of drug-likeness (QED) is 0.847. The van der Waals surface area contributed by atoms with Gasteiger partial charge in [-0.1, -0.05) is 24.3 Å². The monoisotopic (exact) mass is 366 g/mol. The molecule has 2 amide bonds. The first-order valence-corrected chi connectivity index (χ1v) is 9.32. The summed E-state index contributed by atoms with van der Waals surface area (Å²) in [6.45, 7) is 6.97. The number of ether oxygens (including phenoxy) is 1. The van der Waals surface area contributed by atoms with Crippen LogP contribution in [-0.4, -0.2) is 29.4 Å². The molecular weight excluding hydrogens is 340 g/mol. The van der Waals surface area contributed by atoms with Gasteiger partial charge in [0.1, 0.15) is 5.75 Å². The van der Waals surface area contributed by atoms with Crippen LogP contribution in [0.4, 0.5) is 5.69 Å². The van der Waals surface area contributed by atoms with Crippen molar-refractivity contribution in [1.29, 1.82) is 0 Å². The molecular formula is C22H26N2O3. The number of hydrogen-bond acceptors (Lipinski definition) is 3. The number of amides is 2. The van der Waals surface area contributed by atoms with Gasteiger partial charge in [0, 0.05) is 25.2 Å². The minimum atomic E-state index is -0.326. The molecule has 1 aliphatic heterocycles. The van der Waals surface area contributed by atoms with Gasteiger partial charge < -0.3 is 15.0 Å². The van der Waals surface area contributed by atoms with Crippen LogP contribution < -0.4 is 10.1 Å². The van der Waals surface area contributed by atoms with E-state index in [0.29, 0.717) is 18.8 Å². The second-order valence-corrected chi connectivity index (χ2v) is 7.28. The Morgan fingerprint density at radius 1 is 1.19 bits per heavy atom. The van der Waals surface area contributed by atoms with Crippen LogP contribution in [0.5, 0.6) is 5.75 Å². The maximum Gasteiger partial charge on any atom is 0.229 e. The van der Waals surface area contributed by atoms with E-state index in [1.165, 1.54) is 0 Å². The molecule has 2 aromatic rings. The van der Waals surface area contributed by atoms with Crippen LogP contribution in [0.3, 0.4) is 0 Å². The van der Waals surface area contributed by atoms with E-state index >= 15 is 0 Å². The Labute approximate surface area is 160 Å². The number of likely N-dealkylation sites (tertiary alicyclic amines) is 1. The zero-order valence-electron chi connectivity index (χ0n) is 16.1. The number of anilines is 1. The first-order valence-electron chi connectivity index (χ1n) is 9.32. The second-order valence-electron chi connectivity index (χ2n) is 7.28. The highest BCUT2D eigenvalue weighted by Gasteiger charge is 2.34. The fraction of sp³-hybridized carbons (Fsp3) is 0.364. The van der Waals surface area contributed by atoms with Gasteiger partial charge in [-0.15, -0.1) is 0 Å². The molecule has 27 heavy (non-hydrogen) atoms. The standard InChI is InChI=1S/C22H26N2O3/c1-15(2)27-20-10-8-19(9-11-20)23-22(26)18-12-21(25)24(14-18)13-17-7-5-4-6-16(17)3/h4-11,15,18H,12-14H2,1-3H3,(H,23,26). The summed E-state index contributed by atoms with van der Waals surface area (Å²) in [5.74, 6) is 0.351. The number of nitrogens with one attached hydrogen (secondary N) is 1. The summed E-state index contributed by atoms with van der Waals surface area (Å²) in [5, 5.41) is 2.91. The fourth-order valence-corrected chi connectivity index (χ4v) is 3.23. The summed E-state index contributed by atoms with van der Waals surface area (Å²) in [7, 11) is 0. The van der Waals surface area contributed by atoms with E-state index in [2.05, 4.69) is 5.32 Å². The number of benzene rings is 2. The Morgan fingerprint density at radius 2 is 1.89 bits per heavy atom. The van der Waals surface area contributed by atoms with Gasteiger partial charge >= 0.3 is 0 Å². The summed E-state index contributed by atoms with van der Waals surface area (Å²) >= 11 is 0. The maximum absolute atomic E-state index is 12.6. The fourth-order valence-electron chi connectivity index (χ4n) is 3.23. The van der Waals surface area contributed by atoms with Crippen molar-refractivity contribution >= 4 is 17.5 Å². The molecule has 142 valence electrons. The zero-order valence-corrected chi connectivity index (χ0v) is 16.1. The molecule has 0 bridgehead atoms. The number of aryl methyl sites for hydroxylation is 1.